The van der Waals surface area contributed by atoms with Gasteiger partial charge in [-0.25, -0.2) is 4.79 Å². The molecule has 1 aromatic rings. The Morgan fingerprint density at radius 1 is 1.15 bits per heavy atom. The van der Waals surface area contributed by atoms with Crippen LogP contribution in [0.5, 0.6) is 11.5 Å². The number of allylic oxidation sites excluding steroid dienone is 1. The lowest BCUT2D eigenvalue weighted by Crippen LogP contribution is -1.97. The number of carboxylic acid groups (broad SMARTS) is 1. The standard InChI is InChI=1S/C16H22O4/c1-13(16(18)19)7-5-3-2-4-6-12-20-15-10-8-14(17)9-11-15/h7-11,17H,2-6,12H2,1H3,(H,18,19). The van der Waals surface area contributed by atoms with Crippen molar-refractivity contribution in [1.29, 1.82) is 0 Å². The fourth-order valence-electron chi connectivity index (χ4n) is 1.74. The van der Waals surface area contributed by atoms with Gasteiger partial charge in [0.1, 0.15) is 11.5 Å². The number of carboxylic acids is 1. The van der Waals surface area contributed by atoms with Crippen LogP contribution in [0, 0.1) is 0 Å². The van der Waals surface area contributed by atoms with Crippen LogP contribution in [0.3, 0.4) is 0 Å². The van der Waals surface area contributed by atoms with Crippen molar-refractivity contribution in [3.8, 4) is 11.5 Å². The third kappa shape index (κ3) is 6.83. The van der Waals surface area contributed by atoms with Crippen LogP contribution in [0.15, 0.2) is 35.9 Å². The van der Waals surface area contributed by atoms with Crippen molar-refractivity contribution in [1.82, 2.24) is 0 Å². The molecule has 1 aromatic carbocycles. The van der Waals surface area contributed by atoms with Crippen LogP contribution in [0.1, 0.15) is 39.0 Å². The highest BCUT2D eigenvalue weighted by atomic mass is 16.5. The van der Waals surface area contributed by atoms with E-state index in [0.29, 0.717) is 12.2 Å². The number of carbonyl (C=O) groups is 1. The number of rotatable bonds is 9. The van der Waals surface area contributed by atoms with E-state index in [1.807, 2.05) is 0 Å². The zero-order chi connectivity index (χ0) is 14.8. The number of unbranched alkanes of at least 4 members (excludes halogenated alkanes) is 4. The summed E-state index contributed by atoms with van der Waals surface area (Å²) < 4.78 is 5.54. The third-order valence-corrected chi connectivity index (χ3v) is 2.99. The number of hydrogen-bond donors (Lipinski definition) is 2. The maximum absolute atomic E-state index is 10.6. The monoisotopic (exact) mass is 278 g/mol. The average Bonchev–Trinajstić information content (AvgIpc) is 2.43. The van der Waals surface area contributed by atoms with Gasteiger partial charge in [0.15, 0.2) is 0 Å². The van der Waals surface area contributed by atoms with E-state index in [0.717, 1.165) is 37.9 Å². The van der Waals surface area contributed by atoms with Gasteiger partial charge in [0.05, 0.1) is 6.61 Å². The molecule has 4 heteroatoms. The Morgan fingerprint density at radius 3 is 2.45 bits per heavy atom. The zero-order valence-corrected chi connectivity index (χ0v) is 11.8. The van der Waals surface area contributed by atoms with Gasteiger partial charge in [-0.1, -0.05) is 18.9 Å². The summed E-state index contributed by atoms with van der Waals surface area (Å²) in [6.07, 6.45) is 6.71. The SMILES string of the molecule is CC(=CCCCCCCOc1ccc(O)cc1)C(=O)O. The second kappa shape index (κ2) is 9.02. The number of benzene rings is 1. The minimum absolute atomic E-state index is 0.238. The molecule has 2 N–H and O–H groups in total. The average molecular weight is 278 g/mol. The predicted molar refractivity (Wildman–Crippen MR) is 78.1 cm³/mol. The van der Waals surface area contributed by atoms with E-state index in [4.69, 9.17) is 14.9 Å². The first-order chi connectivity index (χ1) is 9.59. The first kappa shape index (κ1) is 16.1. The molecule has 0 fully saturated rings. The summed E-state index contributed by atoms with van der Waals surface area (Å²) in [6, 6.07) is 6.70. The number of phenolic OH excluding ortho intramolecular Hbond substituents is 1. The molecule has 0 aliphatic carbocycles. The summed E-state index contributed by atoms with van der Waals surface area (Å²) in [5.74, 6) is 0.164. The van der Waals surface area contributed by atoms with E-state index >= 15 is 0 Å². The Balaban J connectivity index is 2.01. The van der Waals surface area contributed by atoms with E-state index in [-0.39, 0.29) is 5.75 Å². The van der Waals surface area contributed by atoms with Crippen molar-refractivity contribution in [3.05, 3.63) is 35.9 Å². The highest BCUT2D eigenvalue weighted by Crippen LogP contribution is 2.16. The van der Waals surface area contributed by atoms with Crippen LogP contribution in [0.4, 0.5) is 0 Å². The van der Waals surface area contributed by atoms with E-state index < -0.39 is 5.97 Å². The van der Waals surface area contributed by atoms with Crippen molar-refractivity contribution in [2.75, 3.05) is 6.61 Å². The predicted octanol–water partition coefficient (Wildman–Crippen LogP) is 3.75. The normalized spacial score (nSPS) is 11.3. The summed E-state index contributed by atoms with van der Waals surface area (Å²) in [5, 5.41) is 17.8. The molecule has 0 aromatic heterocycles. The molecule has 0 amide bonds. The molecular formula is C16H22O4. The first-order valence-electron chi connectivity index (χ1n) is 6.91. The molecule has 20 heavy (non-hydrogen) atoms. The number of aliphatic carboxylic acids is 1. The molecule has 110 valence electrons. The largest absolute Gasteiger partial charge is 0.508 e. The van der Waals surface area contributed by atoms with Crippen LogP contribution in [-0.4, -0.2) is 22.8 Å². The Kier molecular flexibility index (Phi) is 7.25. The van der Waals surface area contributed by atoms with Crippen molar-refractivity contribution in [2.24, 2.45) is 0 Å². The van der Waals surface area contributed by atoms with E-state index in [1.165, 1.54) is 0 Å². The second-order valence-corrected chi connectivity index (χ2v) is 4.74. The highest BCUT2D eigenvalue weighted by molar-refractivity contribution is 5.85. The molecule has 0 heterocycles. The first-order valence-corrected chi connectivity index (χ1v) is 6.91. The van der Waals surface area contributed by atoms with Crippen LogP contribution < -0.4 is 4.74 Å². The van der Waals surface area contributed by atoms with E-state index in [1.54, 1.807) is 37.3 Å². The number of aromatic hydroxyl groups is 1. The van der Waals surface area contributed by atoms with Gasteiger partial charge in [-0.3, -0.25) is 0 Å². The number of hydrogen-bond acceptors (Lipinski definition) is 3. The molecule has 0 unspecified atom stereocenters. The third-order valence-electron chi connectivity index (χ3n) is 2.99. The second-order valence-electron chi connectivity index (χ2n) is 4.74. The molecule has 0 aliphatic heterocycles. The molecule has 0 spiro atoms. The smallest absolute Gasteiger partial charge is 0.330 e. The van der Waals surface area contributed by atoms with Gasteiger partial charge in [0.25, 0.3) is 0 Å². The van der Waals surface area contributed by atoms with Gasteiger partial charge in [0.2, 0.25) is 0 Å². The molecule has 0 saturated carbocycles. The molecular weight excluding hydrogens is 256 g/mol. The summed E-state index contributed by atoms with van der Waals surface area (Å²) in [7, 11) is 0. The molecule has 0 bridgehead atoms. The summed E-state index contributed by atoms with van der Waals surface area (Å²) in [6.45, 7) is 2.28. The van der Waals surface area contributed by atoms with Gasteiger partial charge in [-0.05, 0) is 50.5 Å². The fraction of sp³-hybridized carbons (Fsp3) is 0.438. The highest BCUT2D eigenvalue weighted by Gasteiger charge is 1.98. The number of ether oxygens (including phenoxy) is 1. The quantitative estimate of drug-likeness (QED) is 0.533. The van der Waals surface area contributed by atoms with Crippen LogP contribution in [0.2, 0.25) is 0 Å². The maximum Gasteiger partial charge on any atom is 0.330 e. The van der Waals surface area contributed by atoms with Gasteiger partial charge in [0, 0.05) is 5.57 Å². The lowest BCUT2D eigenvalue weighted by molar-refractivity contribution is -0.132. The Morgan fingerprint density at radius 2 is 1.80 bits per heavy atom. The van der Waals surface area contributed by atoms with Crippen LogP contribution in [0.25, 0.3) is 0 Å². The maximum atomic E-state index is 10.6. The molecule has 0 radical (unpaired) electrons. The Hall–Kier alpha value is -1.97. The topological polar surface area (TPSA) is 66.8 Å². The minimum atomic E-state index is -0.840. The summed E-state index contributed by atoms with van der Waals surface area (Å²) >= 11 is 0. The van der Waals surface area contributed by atoms with Gasteiger partial charge < -0.3 is 14.9 Å². The van der Waals surface area contributed by atoms with Crippen molar-refractivity contribution >= 4 is 5.97 Å². The van der Waals surface area contributed by atoms with Crippen LogP contribution in [-0.2, 0) is 4.79 Å². The van der Waals surface area contributed by atoms with Crippen molar-refractivity contribution in [3.63, 3.8) is 0 Å². The molecule has 0 saturated heterocycles. The van der Waals surface area contributed by atoms with Gasteiger partial charge >= 0.3 is 5.97 Å². The lowest BCUT2D eigenvalue weighted by Gasteiger charge is -2.05. The Bertz CT molecular complexity index is 434. The van der Waals surface area contributed by atoms with Gasteiger partial charge in [-0.15, -0.1) is 0 Å². The van der Waals surface area contributed by atoms with Crippen LogP contribution >= 0.6 is 0 Å². The minimum Gasteiger partial charge on any atom is -0.508 e. The van der Waals surface area contributed by atoms with Crippen molar-refractivity contribution in [2.45, 2.75) is 39.0 Å². The lowest BCUT2D eigenvalue weighted by atomic mass is 10.1. The fourth-order valence-corrected chi connectivity index (χ4v) is 1.74. The zero-order valence-electron chi connectivity index (χ0n) is 11.8. The molecule has 0 atom stereocenters. The Labute approximate surface area is 119 Å². The number of phenols is 1. The van der Waals surface area contributed by atoms with E-state index in [2.05, 4.69) is 0 Å². The molecule has 4 nitrogen and oxygen atoms in total. The summed E-state index contributed by atoms with van der Waals surface area (Å²) in [4.78, 5) is 10.6. The van der Waals surface area contributed by atoms with Crippen molar-refractivity contribution < 1.29 is 19.7 Å². The van der Waals surface area contributed by atoms with E-state index in [9.17, 15) is 4.79 Å². The van der Waals surface area contributed by atoms with Gasteiger partial charge in [-0.2, -0.15) is 0 Å². The molecule has 0 aliphatic rings. The molecule has 1 rings (SSSR count). The summed E-state index contributed by atoms with van der Waals surface area (Å²) in [5.41, 5.74) is 0.417.